The van der Waals surface area contributed by atoms with Crippen molar-refractivity contribution < 1.29 is 9.85 Å². The minimum Gasteiger partial charge on any atom is -0.319 e. The fourth-order valence-corrected chi connectivity index (χ4v) is 2.20. The summed E-state index contributed by atoms with van der Waals surface area (Å²) in [6.45, 7) is 1.87. The Morgan fingerprint density at radius 3 is 2.18 bits per heavy atom. The summed E-state index contributed by atoms with van der Waals surface area (Å²) < 4.78 is 0. The van der Waals surface area contributed by atoms with Crippen molar-refractivity contribution >= 4 is 34.5 Å². The first-order chi connectivity index (χ1) is 13.4. The van der Waals surface area contributed by atoms with Crippen LogP contribution in [0.5, 0.6) is 0 Å². The standard InChI is InChI=1S/C16H14N8O4/c1-10-2-7-13(17-8-10)20-15-14(24(27)28)16(19-9-18-15)22-21-11-3-5-12(6-4-11)23(25)26/h2-9,21H,1H3,(H2,17,18,19,20,22). The van der Waals surface area contributed by atoms with E-state index < -0.39 is 9.85 Å². The smallest absolute Gasteiger partial charge is 0.319 e. The first kappa shape index (κ1) is 18.4. The Morgan fingerprint density at radius 1 is 0.857 bits per heavy atom. The average molecular weight is 382 g/mol. The molecule has 0 fully saturated rings. The van der Waals surface area contributed by atoms with Crippen molar-refractivity contribution in [3.05, 3.63) is 74.7 Å². The van der Waals surface area contributed by atoms with Crippen molar-refractivity contribution in [3.63, 3.8) is 0 Å². The number of nitro benzene ring substituents is 1. The van der Waals surface area contributed by atoms with Gasteiger partial charge in [0, 0.05) is 18.3 Å². The van der Waals surface area contributed by atoms with Crippen LogP contribution in [0.4, 0.5) is 34.5 Å². The second-order valence-corrected chi connectivity index (χ2v) is 5.58. The summed E-state index contributed by atoms with van der Waals surface area (Å²) in [5.74, 6) is 0.263. The highest BCUT2D eigenvalue weighted by Gasteiger charge is 2.23. The summed E-state index contributed by atoms with van der Waals surface area (Å²) in [6.07, 6.45) is 2.77. The number of nitro groups is 2. The number of hydrazine groups is 1. The van der Waals surface area contributed by atoms with E-state index in [9.17, 15) is 20.2 Å². The molecule has 0 bridgehead atoms. The number of nitrogens with zero attached hydrogens (tertiary/aromatic N) is 5. The lowest BCUT2D eigenvalue weighted by atomic mass is 10.3. The molecule has 0 saturated heterocycles. The average Bonchev–Trinajstić information content (AvgIpc) is 2.68. The Labute approximate surface area is 157 Å². The van der Waals surface area contributed by atoms with Gasteiger partial charge in [-0.3, -0.25) is 31.1 Å². The number of hydrogen-bond acceptors (Lipinski definition) is 10. The topological polar surface area (TPSA) is 161 Å². The highest BCUT2D eigenvalue weighted by molar-refractivity contribution is 5.73. The molecule has 0 aliphatic heterocycles. The number of hydrogen-bond donors (Lipinski definition) is 3. The van der Waals surface area contributed by atoms with Crippen LogP contribution in [0.1, 0.15) is 5.56 Å². The van der Waals surface area contributed by atoms with E-state index in [-0.39, 0.29) is 23.0 Å². The predicted molar refractivity (Wildman–Crippen MR) is 101 cm³/mol. The molecule has 3 aromatic rings. The molecule has 28 heavy (non-hydrogen) atoms. The van der Waals surface area contributed by atoms with Crippen LogP contribution < -0.4 is 16.2 Å². The normalized spacial score (nSPS) is 10.2. The minimum atomic E-state index is -0.629. The molecule has 12 heteroatoms. The van der Waals surface area contributed by atoms with Crippen molar-refractivity contribution in [2.75, 3.05) is 16.2 Å². The molecule has 0 amide bonds. The zero-order valence-electron chi connectivity index (χ0n) is 14.5. The summed E-state index contributed by atoms with van der Waals surface area (Å²) in [7, 11) is 0. The number of non-ortho nitro benzene ring substituents is 1. The molecule has 1 aromatic carbocycles. The molecule has 2 aromatic heterocycles. The lowest BCUT2D eigenvalue weighted by Gasteiger charge is -2.11. The molecule has 0 radical (unpaired) electrons. The zero-order valence-corrected chi connectivity index (χ0v) is 14.5. The largest absolute Gasteiger partial charge is 0.355 e. The van der Waals surface area contributed by atoms with Crippen LogP contribution in [0.3, 0.4) is 0 Å². The number of anilines is 4. The third-order valence-electron chi connectivity index (χ3n) is 3.57. The van der Waals surface area contributed by atoms with E-state index in [1.807, 2.05) is 6.92 Å². The fraction of sp³-hybridized carbons (Fsp3) is 0.0625. The van der Waals surface area contributed by atoms with E-state index in [0.717, 1.165) is 11.9 Å². The molecule has 3 rings (SSSR count). The Balaban J connectivity index is 1.81. The first-order valence-electron chi connectivity index (χ1n) is 7.89. The second-order valence-electron chi connectivity index (χ2n) is 5.58. The summed E-state index contributed by atoms with van der Waals surface area (Å²) in [6, 6.07) is 8.98. The van der Waals surface area contributed by atoms with Crippen LogP contribution in [0, 0.1) is 27.2 Å². The van der Waals surface area contributed by atoms with Crippen LogP contribution in [0.25, 0.3) is 0 Å². The molecular formula is C16H14N8O4. The highest BCUT2D eigenvalue weighted by atomic mass is 16.6. The fourth-order valence-electron chi connectivity index (χ4n) is 2.20. The van der Waals surface area contributed by atoms with Crippen molar-refractivity contribution in [2.45, 2.75) is 6.92 Å². The van der Waals surface area contributed by atoms with Gasteiger partial charge in [-0.2, -0.15) is 0 Å². The highest BCUT2D eigenvalue weighted by Crippen LogP contribution is 2.30. The van der Waals surface area contributed by atoms with Gasteiger partial charge in [0.05, 0.1) is 15.5 Å². The lowest BCUT2D eigenvalue weighted by molar-refractivity contribution is -0.384. The van der Waals surface area contributed by atoms with Crippen LogP contribution in [0.15, 0.2) is 48.9 Å². The Morgan fingerprint density at radius 2 is 1.57 bits per heavy atom. The van der Waals surface area contributed by atoms with Gasteiger partial charge in [0.25, 0.3) is 5.69 Å². The number of rotatable bonds is 7. The number of pyridine rings is 1. The van der Waals surface area contributed by atoms with E-state index in [1.54, 1.807) is 18.3 Å². The quantitative estimate of drug-likeness (QED) is 0.409. The first-order valence-corrected chi connectivity index (χ1v) is 7.89. The van der Waals surface area contributed by atoms with E-state index in [2.05, 4.69) is 31.1 Å². The molecule has 3 N–H and O–H groups in total. The molecule has 142 valence electrons. The summed E-state index contributed by atoms with van der Waals surface area (Å²) in [4.78, 5) is 33.0. The molecule has 0 aliphatic rings. The van der Waals surface area contributed by atoms with Gasteiger partial charge < -0.3 is 5.32 Å². The number of nitrogens with one attached hydrogen (secondary N) is 3. The SMILES string of the molecule is Cc1ccc(Nc2ncnc(NNc3ccc([N+](=O)[O-])cc3)c2[N+](=O)[O-])nc1. The van der Waals surface area contributed by atoms with Crippen molar-refractivity contribution in [1.29, 1.82) is 0 Å². The minimum absolute atomic E-state index is 0.0376. The third kappa shape index (κ3) is 4.24. The monoisotopic (exact) mass is 382 g/mol. The number of aryl methyl sites for hydroxylation is 1. The molecule has 0 unspecified atom stereocenters. The molecule has 0 spiro atoms. The molecule has 2 heterocycles. The summed E-state index contributed by atoms with van der Waals surface area (Å²) >= 11 is 0. The lowest BCUT2D eigenvalue weighted by Crippen LogP contribution is -2.13. The van der Waals surface area contributed by atoms with Crippen molar-refractivity contribution in [3.8, 4) is 0 Å². The molecule has 0 saturated carbocycles. The van der Waals surface area contributed by atoms with Gasteiger partial charge in [-0.1, -0.05) is 6.07 Å². The Bertz CT molecular complexity index is 1010. The summed E-state index contributed by atoms with van der Waals surface area (Å²) in [5.41, 5.74) is 6.26. The van der Waals surface area contributed by atoms with E-state index in [4.69, 9.17) is 0 Å². The molecule has 0 atom stereocenters. The Hall–Kier alpha value is -4.35. The van der Waals surface area contributed by atoms with Gasteiger partial charge in [0.2, 0.25) is 11.6 Å². The Kier molecular flexibility index (Phi) is 5.21. The maximum atomic E-state index is 11.5. The van der Waals surface area contributed by atoms with E-state index in [1.165, 1.54) is 24.3 Å². The van der Waals surface area contributed by atoms with Crippen LogP contribution >= 0.6 is 0 Å². The molecule has 0 aliphatic carbocycles. The number of aromatic nitrogens is 3. The van der Waals surface area contributed by atoms with Crippen LogP contribution in [0.2, 0.25) is 0 Å². The molecule has 12 nitrogen and oxygen atoms in total. The number of benzene rings is 1. The van der Waals surface area contributed by atoms with Gasteiger partial charge in [-0.15, -0.1) is 0 Å². The van der Waals surface area contributed by atoms with E-state index >= 15 is 0 Å². The maximum absolute atomic E-state index is 11.5. The van der Waals surface area contributed by atoms with Crippen LogP contribution in [-0.2, 0) is 0 Å². The third-order valence-corrected chi connectivity index (χ3v) is 3.57. The van der Waals surface area contributed by atoms with Gasteiger partial charge >= 0.3 is 5.69 Å². The maximum Gasteiger partial charge on any atom is 0.355 e. The van der Waals surface area contributed by atoms with Gasteiger partial charge in [-0.05, 0) is 30.7 Å². The van der Waals surface area contributed by atoms with Crippen LogP contribution in [-0.4, -0.2) is 24.8 Å². The van der Waals surface area contributed by atoms with Gasteiger partial charge in [-0.25, -0.2) is 15.0 Å². The predicted octanol–water partition coefficient (Wildman–Crippen LogP) is 3.18. The van der Waals surface area contributed by atoms with Crippen molar-refractivity contribution in [2.24, 2.45) is 0 Å². The van der Waals surface area contributed by atoms with E-state index in [0.29, 0.717) is 11.5 Å². The zero-order chi connectivity index (χ0) is 20.1. The second kappa shape index (κ2) is 7.90. The summed E-state index contributed by atoms with van der Waals surface area (Å²) in [5, 5.41) is 25.0. The van der Waals surface area contributed by atoms with Gasteiger partial charge in [0.1, 0.15) is 12.1 Å². The molecular weight excluding hydrogens is 368 g/mol. The van der Waals surface area contributed by atoms with Gasteiger partial charge in [0.15, 0.2) is 0 Å². The van der Waals surface area contributed by atoms with Crippen molar-refractivity contribution in [1.82, 2.24) is 15.0 Å².